The number of nitrogens with two attached hydrogens (primary N) is 1. The van der Waals surface area contributed by atoms with E-state index < -0.39 is 27.7 Å². The Morgan fingerprint density at radius 1 is 1.08 bits per heavy atom. The number of sulfonamides is 1. The molecular weight excluding hydrogens is 345 g/mol. The summed E-state index contributed by atoms with van der Waals surface area (Å²) in [6.45, 7) is 0. The molecule has 0 unspecified atom stereocenters. The maximum atomic E-state index is 12.6. The molecule has 2 aromatic rings. The van der Waals surface area contributed by atoms with E-state index in [0.29, 0.717) is 11.3 Å². The second-order valence-corrected chi connectivity index (χ2v) is 6.65. The summed E-state index contributed by atoms with van der Waals surface area (Å²) >= 11 is 0. The molecule has 128 valence electrons. The van der Waals surface area contributed by atoms with Gasteiger partial charge in [-0.2, -0.15) is 13.2 Å². The SMILES string of the molecule is NS(=O)(=O)Cc1ccc(NC(=O)c2cccc(C(F)(F)F)c2)cc1. The van der Waals surface area contributed by atoms with Gasteiger partial charge in [0.25, 0.3) is 5.91 Å². The van der Waals surface area contributed by atoms with E-state index in [2.05, 4.69) is 5.32 Å². The van der Waals surface area contributed by atoms with Crippen molar-refractivity contribution >= 4 is 21.6 Å². The van der Waals surface area contributed by atoms with E-state index in [0.717, 1.165) is 18.2 Å². The number of hydrogen-bond donors (Lipinski definition) is 2. The standard InChI is InChI=1S/C15H13F3N2O3S/c16-15(17,18)12-3-1-2-11(8-12)14(21)20-13-6-4-10(5-7-13)9-24(19,22)23/h1-8H,9H2,(H,20,21)(H2,19,22,23). The Balaban J connectivity index is 2.12. The number of primary sulfonamides is 1. The van der Waals surface area contributed by atoms with Gasteiger partial charge in [-0.1, -0.05) is 18.2 Å². The highest BCUT2D eigenvalue weighted by Gasteiger charge is 2.30. The zero-order chi connectivity index (χ0) is 18.0. The van der Waals surface area contributed by atoms with Crippen LogP contribution in [0.5, 0.6) is 0 Å². The molecule has 0 aliphatic heterocycles. The molecule has 2 aromatic carbocycles. The predicted molar refractivity (Wildman–Crippen MR) is 82.7 cm³/mol. The normalized spacial score (nSPS) is 12.0. The summed E-state index contributed by atoms with van der Waals surface area (Å²) in [5.41, 5.74) is -0.317. The van der Waals surface area contributed by atoms with Crippen LogP contribution in [0.15, 0.2) is 48.5 Å². The van der Waals surface area contributed by atoms with Crippen LogP contribution in [0.3, 0.4) is 0 Å². The van der Waals surface area contributed by atoms with E-state index in [9.17, 15) is 26.4 Å². The lowest BCUT2D eigenvalue weighted by molar-refractivity contribution is -0.137. The molecule has 1 amide bonds. The van der Waals surface area contributed by atoms with E-state index in [1.807, 2.05) is 0 Å². The molecule has 24 heavy (non-hydrogen) atoms. The van der Waals surface area contributed by atoms with Gasteiger partial charge in [0, 0.05) is 11.3 Å². The predicted octanol–water partition coefficient (Wildman–Crippen LogP) is 2.75. The van der Waals surface area contributed by atoms with Crippen LogP contribution in [0.2, 0.25) is 0 Å². The first-order valence-corrected chi connectivity index (χ1v) is 8.34. The smallest absolute Gasteiger partial charge is 0.322 e. The molecule has 0 saturated heterocycles. The lowest BCUT2D eigenvalue weighted by Gasteiger charge is -2.09. The topological polar surface area (TPSA) is 89.3 Å². The van der Waals surface area contributed by atoms with Gasteiger partial charge < -0.3 is 5.32 Å². The molecule has 5 nitrogen and oxygen atoms in total. The summed E-state index contributed by atoms with van der Waals surface area (Å²) in [7, 11) is -3.67. The zero-order valence-electron chi connectivity index (χ0n) is 12.2. The fourth-order valence-electron chi connectivity index (χ4n) is 1.96. The number of alkyl halides is 3. The number of carbonyl (C=O) groups excluding carboxylic acids is 1. The number of amides is 1. The van der Waals surface area contributed by atoms with Gasteiger partial charge >= 0.3 is 6.18 Å². The largest absolute Gasteiger partial charge is 0.416 e. The molecule has 0 bridgehead atoms. The molecule has 0 spiro atoms. The van der Waals surface area contributed by atoms with Crippen molar-refractivity contribution in [3.8, 4) is 0 Å². The van der Waals surface area contributed by atoms with Crippen molar-refractivity contribution in [1.29, 1.82) is 0 Å². The number of halogens is 3. The Morgan fingerprint density at radius 2 is 1.71 bits per heavy atom. The molecule has 2 rings (SSSR count). The Hall–Kier alpha value is -2.39. The monoisotopic (exact) mass is 358 g/mol. The van der Waals surface area contributed by atoms with Crippen LogP contribution in [0.25, 0.3) is 0 Å². The molecule has 0 aliphatic carbocycles. The number of rotatable bonds is 4. The minimum Gasteiger partial charge on any atom is -0.322 e. The Bertz CT molecular complexity index is 847. The van der Waals surface area contributed by atoms with Crippen molar-refractivity contribution in [2.75, 3.05) is 5.32 Å². The van der Waals surface area contributed by atoms with Crippen molar-refractivity contribution in [3.05, 3.63) is 65.2 Å². The summed E-state index contributed by atoms with van der Waals surface area (Å²) < 4.78 is 59.9. The van der Waals surface area contributed by atoms with Crippen LogP contribution in [0, 0.1) is 0 Å². The number of benzene rings is 2. The van der Waals surface area contributed by atoms with Crippen molar-refractivity contribution in [1.82, 2.24) is 0 Å². The Morgan fingerprint density at radius 3 is 2.25 bits per heavy atom. The summed E-state index contributed by atoms with van der Waals surface area (Å²) in [6, 6.07) is 9.81. The second-order valence-electron chi connectivity index (χ2n) is 5.04. The number of hydrogen-bond acceptors (Lipinski definition) is 3. The molecule has 0 radical (unpaired) electrons. The van der Waals surface area contributed by atoms with Crippen molar-refractivity contribution in [3.63, 3.8) is 0 Å². The quantitative estimate of drug-likeness (QED) is 0.881. The van der Waals surface area contributed by atoms with E-state index >= 15 is 0 Å². The van der Waals surface area contributed by atoms with E-state index in [1.54, 1.807) is 0 Å². The van der Waals surface area contributed by atoms with Gasteiger partial charge in [-0.15, -0.1) is 0 Å². The van der Waals surface area contributed by atoms with Crippen LogP contribution >= 0.6 is 0 Å². The Labute approximate surface area is 136 Å². The number of nitrogens with one attached hydrogen (secondary N) is 1. The third kappa shape index (κ3) is 5.07. The fraction of sp³-hybridized carbons (Fsp3) is 0.133. The first kappa shape index (κ1) is 18.0. The number of anilines is 1. The molecular formula is C15H13F3N2O3S. The van der Waals surface area contributed by atoms with Gasteiger partial charge in [-0.3, -0.25) is 4.79 Å². The van der Waals surface area contributed by atoms with Gasteiger partial charge in [0.15, 0.2) is 0 Å². The third-order valence-electron chi connectivity index (χ3n) is 3.03. The maximum absolute atomic E-state index is 12.6. The summed E-state index contributed by atoms with van der Waals surface area (Å²) in [6.07, 6.45) is -4.54. The third-order valence-corrected chi connectivity index (χ3v) is 3.77. The average Bonchev–Trinajstić information content (AvgIpc) is 2.47. The van der Waals surface area contributed by atoms with Crippen LogP contribution in [0.1, 0.15) is 21.5 Å². The maximum Gasteiger partial charge on any atom is 0.416 e. The first-order chi connectivity index (χ1) is 11.0. The first-order valence-electron chi connectivity index (χ1n) is 6.63. The lowest BCUT2D eigenvalue weighted by Crippen LogP contribution is -2.15. The van der Waals surface area contributed by atoms with Gasteiger partial charge in [0.05, 0.1) is 11.3 Å². The minimum atomic E-state index is -4.54. The lowest BCUT2D eigenvalue weighted by atomic mass is 10.1. The summed E-state index contributed by atoms with van der Waals surface area (Å²) in [5, 5.41) is 7.36. The molecule has 0 atom stereocenters. The van der Waals surface area contributed by atoms with Gasteiger partial charge in [-0.05, 0) is 35.9 Å². The van der Waals surface area contributed by atoms with E-state index in [4.69, 9.17) is 5.14 Å². The Kier molecular flexibility index (Phi) is 4.95. The molecule has 0 saturated carbocycles. The highest BCUT2D eigenvalue weighted by molar-refractivity contribution is 7.88. The van der Waals surface area contributed by atoms with Crippen molar-refractivity contribution in [2.45, 2.75) is 11.9 Å². The van der Waals surface area contributed by atoms with Crippen LogP contribution in [-0.2, 0) is 22.0 Å². The summed E-state index contributed by atoms with van der Waals surface area (Å²) in [5.74, 6) is -1.06. The van der Waals surface area contributed by atoms with E-state index in [1.165, 1.54) is 30.3 Å². The fourth-order valence-corrected chi connectivity index (χ4v) is 2.61. The van der Waals surface area contributed by atoms with Gasteiger partial charge in [-0.25, -0.2) is 13.6 Å². The molecule has 0 fully saturated rings. The van der Waals surface area contributed by atoms with E-state index in [-0.39, 0.29) is 11.3 Å². The molecule has 0 aliphatic rings. The molecule has 0 heterocycles. The van der Waals surface area contributed by atoms with Crippen molar-refractivity contribution in [2.24, 2.45) is 5.14 Å². The molecule has 0 aromatic heterocycles. The molecule has 3 N–H and O–H groups in total. The number of carbonyl (C=O) groups is 1. The second kappa shape index (κ2) is 6.62. The van der Waals surface area contributed by atoms with Gasteiger partial charge in [0.1, 0.15) is 0 Å². The highest BCUT2D eigenvalue weighted by atomic mass is 32.2. The summed E-state index contributed by atoms with van der Waals surface area (Å²) in [4.78, 5) is 12.0. The average molecular weight is 358 g/mol. The van der Waals surface area contributed by atoms with Gasteiger partial charge in [0.2, 0.25) is 10.0 Å². The highest BCUT2D eigenvalue weighted by Crippen LogP contribution is 2.29. The van der Waals surface area contributed by atoms with Crippen LogP contribution < -0.4 is 10.5 Å². The zero-order valence-corrected chi connectivity index (χ0v) is 13.0. The minimum absolute atomic E-state index is 0.140. The van der Waals surface area contributed by atoms with Crippen LogP contribution in [0.4, 0.5) is 18.9 Å². The van der Waals surface area contributed by atoms with Crippen LogP contribution in [-0.4, -0.2) is 14.3 Å². The molecule has 9 heteroatoms. The van der Waals surface area contributed by atoms with Crippen molar-refractivity contribution < 1.29 is 26.4 Å².